The Bertz CT molecular complexity index is 365. The Labute approximate surface area is 109 Å². The van der Waals surface area contributed by atoms with E-state index in [9.17, 15) is 0 Å². The van der Waals surface area contributed by atoms with Gasteiger partial charge >= 0.3 is 0 Å². The van der Waals surface area contributed by atoms with Crippen LogP contribution in [0, 0.1) is 0 Å². The molecule has 1 aromatic rings. The second-order valence-electron chi connectivity index (χ2n) is 5.55. The van der Waals surface area contributed by atoms with Crippen LogP contribution in [-0.4, -0.2) is 30.5 Å². The van der Waals surface area contributed by atoms with E-state index in [-0.39, 0.29) is 5.41 Å². The highest BCUT2D eigenvalue weighted by Crippen LogP contribution is 2.28. The van der Waals surface area contributed by atoms with Gasteiger partial charge in [-0.15, -0.1) is 0 Å². The van der Waals surface area contributed by atoms with Gasteiger partial charge in [-0.3, -0.25) is 0 Å². The van der Waals surface area contributed by atoms with Crippen LogP contribution in [0.4, 0.5) is 0 Å². The highest BCUT2D eigenvalue weighted by atomic mass is 32.2. The molecule has 0 bridgehead atoms. The number of benzene rings is 1. The summed E-state index contributed by atoms with van der Waals surface area (Å²) in [4.78, 5) is 1.36. The molecule has 0 aliphatic carbocycles. The summed E-state index contributed by atoms with van der Waals surface area (Å²) in [5, 5.41) is 3.38. The van der Waals surface area contributed by atoms with Gasteiger partial charge in [0.25, 0.3) is 0 Å². The van der Waals surface area contributed by atoms with Crippen LogP contribution in [0.3, 0.4) is 0 Å². The van der Waals surface area contributed by atoms with Crippen molar-refractivity contribution in [3.63, 3.8) is 0 Å². The Morgan fingerprint density at radius 1 is 1.18 bits per heavy atom. The summed E-state index contributed by atoms with van der Waals surface area (Å²) in [7, 11) is 0. The standard InChI is InChI=1S/C14H22N2S/c1-14(2,3)12-5-4-6-13(11-12)17-16-9-7-15-8-10-16/h4-6,11,15H,7-10H2,1-3H3. The Morgan fingerprint density at radius 3 is 2.53 bits per heavy atom. The van der Waals surface area contributed by atoms with Gasteiger partial charge in [-0.25, -0.2) is 4.31 Å². The summed E-state index contributed by atoms with van der Waals surface area (Å²) in [5.74, 6) is 0. The van der Waals surface area contributed by atoms with Crippen molar-refractivity contribution in [2.45, 2.75) is 31.1 Å². The SMILES string of the molecule is CC(C)(C)c1cccc(SN2CCNCC2)c1. The first-order valence-electron chi connectivity index (χ1n) is 6.30. The van der Waals surface area contributed by atoms with E-state index in [1.54, 1.807) is 0 Å². The van der Waals surface area contributed by atoms with E-state index in [2.05, 4.69) is 54.7 Å². The maximum Gasteiger partial charge on any atom is 0.0233 e. The fourth-order valence-electron chi connectivity index (χ4n) is 1.90. The number of nitrogens with one attached hydrogen (secondary N) is 1. The van der Waals surface area contributed by atoms with Crippen LogP contribution in [-0.2, 0) is 5.41 Å². The molecule has 94 valence electrons. The largest absolute Gasteiger partial charge is 0.314 e. The Hall–Kier alpha value is -0.510. The second kappa shape index (κ2) is 5.42. The molecule has 0 amide bonds. The lowest BCUT2D eigenvalue weighted by molar-refractivity contribution is 0.396. The second-order valence-corrected chi connectivity index (χ2v) is 6.72. The number of hydrogen-bond donors (Lipinski definition) is 1. The summed E-state index contributed by atoms with van der Waals surface area (Å²) in [5.41, 5.74) is 1.65. The van der Waals surface area contributed by atoms with Gasteiger partial charge in [0.1, 0.15) is 0 Å². The molecule has 2 rings (SSSR count). The zero-order chi connectivity index (χ0) is 12.3. The summed E-state index contributed by atoms with van der Waals surface area (Å²) in [6, 6.07) is 8.93. The quantitative estimate of drug-likeness (QED) is 0.813. The molecule has 1 N–H and O–H groups in total. The van der Waals surface area contributed by atoms with Crippen LogP contribution >= 0.6 is 11.9 Å². The lowest BCUT2D eigenvalue weighted by Gasteiger charge is -2.26. The molecule has 1 aromatic carbocycles. The predicted octanol–water partition coefficient (Wildman–Crippen LogP) is 2.90. The van der Waals surface area contributed by atoms with E-state index in [0.29, 0.717) is 0 Å². The molecule has 1 aliphatic rings. The van der Waals surface area contributed by atoms with Crippen molar-refractivity contribution in [1.29, 1.82) is 0 Å². The number of rotatable bonds is 2. The molecule has 1 fully saturated rings. The summed E-state index contributed by atoms with van der Waals surface area (Å²) < 4.78 is 2.44. The maximum absolute atomic E-state index is 3.38. The van der Waals surface area contributed by atoms with Crippen LogP contribution < -0.4 is 5.32 Å². The highest BCUT2D eigenvalue weighted by Gasteiger charge is 2.15. The normalized spacial score (nSPS) is 18.3. The van der Waals surface area contributed by atoms with Gasteiger partial charge in [0.05, 0.1) is 0 Å². The average molecular weight is 250 g/mol. The lowest BCUT2D eigenvalue weighted by atomic mass is 9.87. The number of piperazine rings is 1. The average Bonchev–Trinajstić information content (AvgIpc) is 2.29. The predicted molar refractivity (Wildman–Crippen MR) is 75.4 cm³/mol. The fraction of sp³-hybridized carbons (Fsp3) is 0.571. The van der Waals surface area contributed by atoms with Crippen molar-refractivity contribution in [3.8, 4) is 0 Å². The summed E-state index contributed by atoms with van der Waals surface area (Å²) in [6.45, 7) is 11.3. The smallest absolute Gasteiger partial charge is 0.0233 e. The molecule has 0 aromatic heterocycles. The first-order valence-corrected chi connectivity index (χ1v) is 7.07. The molecule has 1 heterocycles. The molecule has 0 saturated carbocycles. The topological polar surface area (TPSA) is 15.3 Å². The third-order valence-corrected chi connectivity index (χ3v) is 4.10. The van der Waals surface area contributed by atoms with Crippen LogP contribution in [0.25, 0.3) is 0 Å². The zero-order valence-electron chi connectivity index (χ0n) is 11.0. The first kappa shape index (κ1) is 12.9. The third-order valence-electron chi connectivity index (χ3n) is 3.01. The van der Waals surface area contributed by atoms with Crippen molar-refractivity contribution in [2.75, 3.05) is 26.2 Å². The minimum Gasteiger partial charge on any atom is -0.314 e. The van der Waals surface area contributed by atoms with Crippen molar-refractivity contribution >= 4 is 11.9 Å². The van der Waals surface area contributed by atoms with E-state index in [0.717, 1.165) is 26.2 Å². The Morgan fingerprint density at radius 2 is 1.88 bits per heavy atom. The zero-order valence-corrected chi connectivity index (χ0v) is 11.8. The van der Waals surface area contributed by atoms with E-state index in [4.69, 9.17) is 0 Å². The molecule has 1 saturated heterocycles. The van der Waals surface area contributed by atoms with Gasteiger partial charge in [0.2, 0.25) is 0 Å². The van der Waals surface area contributed by atoms with Gasteiger partial charge < -0.3 is 5.32 Å². The summed E-state index contributed by atoms with van der Waals surface area (Å²) in [6.07, 6.45) is 0. The van der Waals surface area contributed by atoms with Crippen LogP contribution in [0.2, 0.25) is 0 Å². The van der Waals surface area contributed by atoms with Crippen LogP contribution in [0.15, 0.2) is 29.2 Å². The molecule has 0 unspecified atom stereocenters. The van der Waals surface area contributed by atoms with Crippen molar-refractivity contribution < 1.29 is 0 Å². The lowest BCUT2D eigenvalue weighted by Crippen LogP contribution is -2.39. The molecular formula is C14H22N2S. The van der Waals surface area contributed by atoms with Gasteiger partial charge in [-0.05, 0) is 35.1 Å². The minimum atomic E-state index is 0.236. The van der Waals surface area contributed by atoms with E-state index in [1.807, 2.05) is 11.9 Å². The molecule has 2 nitrogen and oxygen atoms in total. The van der Waals surface area contributed by atoms with Crippen molar-refractivity contribution in [1.82, 2.24) is 9.62 Å². The van der Waals surface area contributed by atoms with Crippen molar-refractivity contribution in [2.24, 2.45) is 0 Å². The first-order chi connectivity index (χ1) is 8.05. The molecule has 0 atom stereocenters. The Kier molecular flexibility index (Phi) is 4.13. The van der Waals surface area contributed by atoms with Gasteiger partial charge in [0, 0.05) is 31.1 Å². The number of nitrogens with zero attached hydrogens (tertiary/aromatic N) is 1. The highest BCUT2D eigenvalue weighted by molar-refractivity contribution is 7.97. The molecule has 0 radical (unpaired) electrons. The molecule has 1 aliphatic heterocycles. The molecule has 3 heteroatoms. The number of hydrogen-bond acceptors (Lipinski definition) is 3. The van der Waals surface area contributed by atoms with Gasteiger partial charge in [0.15, 0.2) is 0 Å². The molecular weight excluding hydrogens is 228 g/mol. The molecule has 0 spiro atoms. The van der Waals surface area contributed by atoms with Crippen molar-refractivity contribution in [3.05, 3.63) is 29.8 Å². The third kappa shape index (κ3) is 3.73. The van der Waals surface area contributed by atoms with E-state index >= 15 is 0 Å². The molecule has 17 heavy (non-hydrogen) atoms. The van der Waals surface area contributed by atoms with E-state index in [1.165, 1.54) is 10.5 Å². The van der Waals surface area contributed by atoms with Crippen LogP contribution in [0.5, 0.6) is 0 Å². The monoisotopic (exact) mass is 250 g/mol. The van der Waals surface area contributed by atoms with E-state index < -0.39 is 0 Å². The van der Waals surface area contributed by atoms with Crippen LogP contribution in [0.1, 0.15) is 26.3 Å². The summed E-state index contributed by atoms with van der Waals surface area (Å²) >= 11 is 1.89. The maximum atomic E-state index is 3.38. The van der Waals surface area contributed by atoms with Gasteiger partial charge in [-0.1, -0.05) is 32.9 Å². The minimum absolute atomic E-state index is 0.236. The van der Waals surface area contributed by atoms with Gasteiger partial charge in [-0.2, -0.15) is 0 Å². The Balaban J connectivity index is 2.05. The fourth-order valence-corrected chi connectivity index (χ4v) is 2.89.